The molecule has 0 spiro atoms. The van der Waals surface area contributed by atoms with Gasteiger partial charge in [0.05, 0.1) is 13.3 Å². The third-order valence-corrected chi connectivity index (χ3v) is 5.43. The van der Waals surface area contributed by atoms with Crippen LogP contribution in [0.5, 0.6) is 11.5 Å². The van der Waals surface area contributed by atoms with E-state index in [1.54, 1.807) is 31.5 Å². The summed E-state index contributed by atoms with van der Waals surface area (Å²) in [4.78, 5) is 12.3. The monoisotopic (exact) mass is 488 g/mol. The molecule has 0 saturated carbocycles. The Morgan fingerprint density at radius 1 is 1.00 bits per heavy atom. The van der Waals surface area contributed by atoms with Crippen LogP contribution in [0.1, 0.15) is 21.5 Å². The van der Waals surface area contributed by atoms with Crippen LogP contribution >= 0.6 is 15.9 Å². The highest BCUT2D eigenvalue weighted by atomic mass is 79.9. The highest BCUT2D eigenvalue weighted by Crippen LogP contribution is 2.31. The van der Waals surface area contributed by atoms with Crippen LogP contribution in [0.15, 0.2) is 94.5 Å². The number of methoxy groups -OCH3 is 1. The molecular weight excluding hydrogens is 468 g/mol. The lowest BCUT2D eigenvalue weighted by molar-refractivity contribution is 0.0955. The van der Waals surface area contributed by atoms with Crippen molar-refractivity contribution in [1.29, 1.82) is 0 Å². The summed E-state index contributed by atoms with van der Waals surface area (Å²) in [5, 5.41) is 6.41. The molecule has 0 bridgehead atoms. The lowest BCUT2D eigenvalue weighted by Crippen LogP contribution is -2.17. The van der Waals surface area contributed by atoms with E-state index in [1.807, 2.05) is 48.5 Å². The van der Waals surface area contributed by atoms with Gasteiger partial charge in [0.15, 0.2) is 11.5 Å². The summed E-state index contributed by atoms with van der Waals surface area (Å²) in [7, 11) is 1.59. The molecule has 4 aromatic rings. The molecule has 4 aromatic carbocycles. The van der Waals surface area contributed by atoms with Gasteiger partial charge in [-0.05, 0) is 46.7 Å². The van der Waals surface area contributed by atoms with Gasteiger partial charge in [-0.15, -0.1) is 0 Å². The number of ether oxygens (including phenoxy) is 2. The van der Waals surface area contributed by atoms with Crippen LogP contribution in [0.2, 0.25) is 0 Å². The van der Waals surface area contributed by atoms with Crippen LogP contribution in [0, 0.1) is 0 Å². The Kier molecular flexibility index (Phi) is 6.82. The van der Waals surface area contributed by atoms with Crippen molar-refractivity contribution in [3.63, 3.8) is 0 Å². The van der Waals surface area contributed by atoms with Gasteiger partial charge in [0, 0.05) is 15.6 Å². The zero-order valence-corrected chi connectivity index (χ0v) is 19.0. The maximum atomic E-state index is 12.3. The van der Waals surface area contributed by atoms with Crippen molar-refractivity contribution >= 4 is 38.8 Å². The standard InChI is InChI=1S/C26H21BrN2O3/c1-31-24-14-6-10-20(16-28-29-26(30)19-9-5-12-22(27)15-19)25(24)32-17-21-11-4-8-18-7-2-3-13-23(18)21/h2-16H,17H2,1H3,(H,29,30)/b28-16-. The first-order valence-electron chi connectivity index (χ1n) is 10.0. The van der Waals surface area contributed by atoms with Crippen molar-refractivity contribution in [2.75, 3.05) is 7.11 Å². The Hall–Kier alpha value is -3.64. The Balaban J connectivity index is 1.53. The van der Waals surface area contributed by atoms with Crippen LogP contribution < -0.4 is 14.9 Å². The molecule has 0 aromatic heterocycles. The molecule has 32 heavy (non-hydrogen) atoms. The first kappa shape index (κ1) is 21.6. The third-order valence-electron chi connectivity index (χ3n) is 4.94. The molecule has 1 N–H and O–H groups in total. The van der Waals surface area contributed by atoms with Crippen molar-refractivity contribution in [3.05, 3.63) is 106 Å². The van der Waals surface area contributed by atoms with Gasteiger partial charge in [-0.3, -0.25) is 4.79 Å². The van der Waals surface area contributed by atoms with E-state index in [9.17, 15) is 4.79 Å². The minimum absolute atomic E-state index is 0.302. The molecule has 160 valence electrons. The average molecular weight is 489 g/mol. The Morgan fingerprint density at radius 3 is 2.62 bits per heavy atom. The zero-order chi connectivity index (χ0) is 22.3. The highest BCUT2D eigenvalue weighted by Gasteiger charge is 2.11. The Labute approximate surface area is 194 Å². The maximum absolute atomic E-state index is 12.3. The lowest BCUT2D eigenvalue weighted by Gasteiger charge is -2.14. The van der Waals surface area contributed by atoms with Gasteiger partial charge in [-0.1, -0.05) is 70.5 Å². The average Bonchev–Trinajstić information content (AvgIpc) is 2.83. The lowest BCUT2D eigenvalue weighted by atomic mass is 10.1. The van der Waals surface area contributed by atoms with Crippen LogP contribution in [0.3, 0.4) is 0 Å². The molecule has 5 nitrogen and oxygen atoms in total. The normalized spacial score (nSPS) is 10.9. The maximum Gasteiger partial charge on any atom is 0.271 e. The Bertz CT molecular complexity index is 1280. The predicted molar refractivity (Wildman–Crippen MR) is 130 cm³/mol. The minimum Gasteiger partial charge on any atom is -0.493 e. The molecule has 0 fully saturated rings. The number of halogens is 1. The SMILES string of the molecule is COc1cccc(/C=N\NC(=O)c2cccc(Br)c2)c1OCc1cccc2ccccc12. The van der Waals surface area contributed by atoms with Crippen molar-refractivity contribution in [2.45, 2.75) is 6.61 Å². The number of fused-ring (bicyclic) bond motifs is 1. The number of hydrazone groups is 1. The molecule has 0 atom stereocenters. The summed E-state index contributed by atoms with van der Waals surface area (Å²) < 4.78 is 12.5. The number of carbonyl (C=O) groups excluding carboxylic acids is 1. The fourth-order valence-corrected chi connectivity index (χ4v) is 3.77. The van der Waals surface area contributed by atoms with Gasteiger partial charge < -0.3 is 9.47 Å². The van der Waals surface area contributed by atoms with Crippen molar-refractivity contribution in [1.82, 2.24) is 5.43 Å². The van der Waals surface area contributed by atoms with Gasteiger partial charge in [0.25, 0.3) is 5.91 Å². The van der Waals surface area contributed by atoms with Gasteiger partial charge >= 0.3 is 0 Å². The molecule has 0 unspecified atom stereocenters. The Morgan fingerprint density at radius 2 is 1.78 bits per heavy atom. The molecule has 6 heteroatoms. The van der Waals surface area contributed by atoms with Crippen molar-refractivity contribution in [3.8, 4) is 11.5 Å². The summed E-state index contributed by atoms with van der Waals surface area (Å²) in [5.41, 5.74) is 4.82. The second kappa shape index (κ2) is 10.1. The second-order valence-electron chi connectivity index (χ2n) is 7.02. The van der Waals surface area contributed by atoms with Gasteiger partial charge in [-0.2, -0.15) is 5.10 Å². The smallest absolute Gasteiger partial charge is 0.271 e. The minimum atomic E-state index is -0.302. The number of hydrogen-bond donors (Lipinski definition) is 1. The molecule has 0 aliphatic rings. The number of hydrogen-bond acceptors (Lipinski definition) is 4. The van der Waals surface area contributed by atoms with Crippen molar-refractivity contribution in [2.24, 2.45) is 5.10 Å². The number of amides is 1. The van der Waals surface area contributed by atoms with Crippen LogP contribution in [-0.2, 0) is 6.61 Å². The summed E-state index contributed by atoms with van der Waals surface area (Å²) in [6.07, 6.45) is 1.55. The summed E-state index contributed by atoms with van der Waals surface area (Å²) in [6.45, 7) is 0.368. The molecule has 0 heterocycles. The number of benzene rings is 4. The van der Waals surface area contributed by atoms with E-state index >= 15 is 0 Å². The summed E-state index contributed by atoms with van der Waals surface area (Å²) in [5.74, 6) is 0.847. The third kappa shape index (κ3) is 4.98. The van der Waals surface area contributed by atoms with Crippen LogP contribution in [0.4, 0.5) is 0 Å². The van der Waals surface area contributed by atoms with E-state index in [0.29, 0.717) is 29.2 Å². The number of para-hydroxylation sites is 1. The van der Waals surface area contributed by atoms with E-state index in [4.69, 9.17) is 9.47 Å². The van der Waals surface area contributed by atoms with E-state index in [0.717, 1.165) is 20.8 Å². The van der Waals surface area contributed by atoms with Crippen LogP contribution in [0.25, 0.3) is 10.8 Å². The molecule has 0 aliphatic carbocycles. The molecule has 0 saturated heterocycles. The molecule has 4 rings (SSSR count). The summed E-state index contributed by atoms with van der Waals surface area (Å²) in [6, 6.07) is 27.0. The molecule has 1 amide bonds. The van der Waals surface area contributed by atoms with Gasteiger partial charge in [-0.25, -0.2) is 5.43 Å². The quantitative estimate of drug-likeness (QED) is 0.258. The molecular formula is C26H21BrN2O3. The molecule has 0 radical (unpaired) electrons. The topological polar surface area (TPSA) is 59.9 Å². The van der Waals surface area contributed by atoms with E-state index in [-0.39, 0.29) is 5.91 Å². The van der Waals surface area contributed by atoms with Crippen molar-refractivity contribution < 1.29 is 14.3 Å². The highest BCUT2D eigenvalue weighted by molar-refractivity contribution is 9.10. The number of carbonyl (C=O) groups is 1. The number of nitrogens with one attached hydrogen (secondary N) is 1. The zero-order valence-electron chi connectivity index (χ0n) is 17.4. The number of nitrogens with zero attached hydrogens (tertiary/aromatic N) is 1. The number of rotatable bonds is 7. The van der Waals surface area contributed by atoms with Gasteiger partial charge in [0.1, 0.15) is 6.61 Å². The fourth-order valence-electron chi connectivity index (χ4n) is 3.37. The van der Waals surface area contributed by atoms with Crippen LogP contribution in [-0.4, -0.2) is 19.2 Å². The van der Waals surface area contributed by atoms with E-state index in [1.165, 1.54) is 0 Å². The van der Waals surface area contributed by atoms with E-state index in [2.05, 4.69) is 44.7 Å². The summed E-state index contributed by atoms with van der Waals surface area (Å²) >= 11 is 3.36. The van der Waals surface area contributed by atoms with E-state index < -0.39 is 0 Å². The first-order valence-corrected chi connectivity index (χ1v) is 10.8. The predicted octanol–water partition coefficient (Wildman–Crippen LogP) is 5.95. The second-order valence-corrected chi connectivity index (χ2v) is 7.93. The largest absolute Gasteiger partial charge is 0.493 e. The van der Waals surface area contributed by atoms with Gasteiger partial charge in [0.2, 0.25) is 0 Å². The molecule has 0 aliphatic heterocycles. The first-order chi connectivity index (χ1) is 15.7. The fraction of sp³-hybridized carbons (Fsp3) is 0.0769.